The molecule has 0 fully saturated rings. The van der Waals surface area contributed by atoms with Crippen LogP contribution in [0.5, 0.6) is 0 Å². The summed E-state index contributed by atoms with van der Waals surface area (Å²) < 4.78 is 13.6. The molecule has 0 bridgehead atoms. The normalized spacial score (nSPS) is 12.7. The maximum atomic E-state index is 13.6. The summed E-state index contributed by atoms with van der Waals surface area (Å²) in [6.45, 7) is 3.59. The van der Waals surface area contributed by atoms with Gasteiger partial charge in [0.05, 0.1) is 5.02 Å². The zero-order chi connectivity index (χ0) is 13.4. The molecular weight excluding hydrogens is 253 g/mol. The molecule has 2 N–H and O–H groups in total. The van der Waals surface area contributed by atoms with Crippen LogP contribution in [-0.4, -0.2) is 18.3 Å². The fourth-order valence-electron chi connectivity index (χ4n) is 2.04. The fraction of sp³-hybridized carbons (Fsp3) is 0.571. The molecule has 1 atom stereocenters. The first-order valence-electron chi connectivity index (χ1n) is 6.43. The van der Waals surface area contributed by atoms with Gasteiger partial charge in [-0.3, -0.25) is 0 Å². The smallest absolute Gasteiger partial charge is 0.146 e. The third-order valence-electron chi connectivity index (χ3n) is 3.01. The first-order chi connectivity index (χ1) is 8.69. The van der Waals surface area contributed by atoms with Gasteiger partial charge in [-0.2, -0.15) is 0 Å². The van der Waals surface area contributed by atoms with E-state index in [1.54, 1.807) is 18.2 Å². The van der Waals surface area contributed by atoms with Crippen molar-refractivity contribution in [2.75, 3.05) is 13.2 Å². The summed E-state index contributed by atoms with van der Waals surface area (Å²) in [5.74, 6) is 0.100. The van der Waals surface area contributed by atoms with Crippen molar-refractivity contribution in [1.82, 2.24) is 5.32 Å². The maximum Gasteiger partial charge on any atom is 0.146 e. The SMILES string of the molecule is CCCC(CCO)CNCc1cccc(Cl)c1F. The van der Waals surface area contributed by atoms with Crippen LogP contribution in [-0.2, 0) is 6.54 Å². The van der Waals surface area contributed by atoms with Gasteiger partial charge in [0.15, 0.2) is 0 Å². The van der Waals surface area contributed by atoms with E-state index in [1.165, 1.54) is 0 Å². The van der Waals surface area contributed by atoms with Crippen LogP contribution in [0.1, 0.15) is 31.7 Å². The van der Waals surface area contributed by atoms with Crippen molar-refractivity contribution in [3.63, 3.8) is 0 Å². The van der Waals surface area contributed by atoms with Gasteiger partial charge in [-0.1, -0.05) is 37.1 Å². The summed E-state index contributed by atoms with van der Waals surface area (Å²) in [6.07, 6.45) is 2.96. The Morgan fingerprint density at radius 3 is 2.83 bits per heavy atom. The zero-order valence-corrected chi connectivity index (χ0v) is 11.5. The fourth-order valence-corrected chi connectivity index (χ4v) is 2.23. The Morgan fingerprint density at radius 1 is 1.39 bits per heavy atom. The zero-order valence-electron chi connectivity index (χ0n) is 10.8. The predicted molar refractivity (Wildman–Crippen MR) is 73.2 cm³/mol. The van der Waals surface area contributed by atoms with Crippen molar-refractivity contribution in [2.45, 2.75) is 32.7 Å². The molecule has 1 aromatic rings. The van der Waals surface area contributed by atoms with Crippen molar-refractivity contribution < 1.29 is 9.50 Å². The lowest BCUT2D eigenvalue weighted by atomic mass is 10.0. The largest absolute Gasteiger partial charge is 0.396 e. The van der Waals surface area contributed by atoms with Gasteiger partial charge < -0.3 is 10.4 Å². The topological polar surface area (TPSA) is 32.3 Å². The molecule has 0 aromatic heterocycles. The second-order valence-corrected chi connectivity index (χ2v) is 4.92. The third kappa shape index (κ3) is 4.92. The highest BCUT2D eigenvalue weighted by atomic mass is 35.5. The highest BCUT2D eigenvalue weighted by Gasteiger charge is 2.09. The molecule has 1 rings (SSSR count). The Hall–Kier alpha value is -0.640. The minimum Gasteiger partial charge on any atom is -0.396 e. The summed E-state index contributed by atoms with van der Waals surface area (Å²) in [4.78, 5) is 0. The van der Waals surface area contributed by atoms with E-state index in [4.69, 9.17) is 16.7 Å². The minimum atomic E-state index is -0.346. The first kappa shape index (κ1) is 15.4. The minimum absolute atomic E-state index is 0.162. The quantitative estimate of drug-likeness (QED) is 0.761. The van der Waals surface area contributed by atoms with Crippen molar-refractivity contribution in [1.29, 1.82) is 0 Å². The average molecular weight is 274 g/mol. The first-order valence-corrected chi connectivity index (χ1v) is 6.81. The number of halogens is 2. The van der Waals surface area contributed by atoms with Gasteiger partial charge in [-0.15, -0.1) is 0 Å². The van der Waals surface area contributed by atoms with Crippen LogP contribution in [0.15, 0.2) is 18.2 Å². The monoisotopic (exact) mass is 273 g/mol. The molecule has 0 aliphatic carbocycles. The number of aliphatic hydroxyl groups excluding tert-OH is 1. The summed E-state index contributed by atoms with van der Waals surface area (Å²) in [5.41, 5.74) is 0.585. The number of benzene rings is 1. The Morgan fingerprint density at radius 2 is 2.17 bits per heavy atom. The van der Waals surface area contributed by atoms with Gasteiger partial charge in [0.2, 0.25) is 0 Å². The second kappa shape index (κ2) is 8.46. The lowest BCUT2D eigenvalue weighted by molar-refractivity contribution is 0.248. The van der Waals surface area contributed by atoms with Gasteiger partial charge in [-0.05, 0) is 31.4 Å². The highest BCUT2D eigenvalue weighted by molar-refractivity contribution is 6.30. The van der Waals surface area contributed by atoms with E-state index < -0.39 is 0 Å². The number of hydrogen-bond acceptors (Lipinski definition) is 2. The lowest BCUT2D eigenvalue weighted by Crippen LogP contribution is -2.23. The van der Waals surface area contributed by atoms with Crippen LogP contribution >= 0.6 is 11.6 Å². The van der Waals surface area contributed by atoms with Crippen molar-refractivity contribution >= 4 is 11.6 Å². The second-order valence-electron chi connectivity index (χ2n) is 4.51. The van der Waals surface area contributed by atoms with Crippen molar-refractivity contribution in [3.05, 3.63) is 34.6 Å². The molecule has 102 valence electrons. The molecule has 1 unspecified atom stereocenters. The number of nitrogens with one attached hydrogen (secondary N) is 1. The van der Waals surface area contributed by atoms with E-state index >= 15 is 0 Å². The molecule has 0 heterocycles. The van der Waals surface area contributed by atoms with Gasteiger partial charge in [0, 0.05) is 18.7 Å². The predicted octanol–water partition coefficient (Wildman–Crippen LogP) is 3.37. The van der Waals surface area contributed by atoms with E-state index in [0.717, 1.165) is 25.8 Å². The molecule has 2 nitrogen and oxygen atoms in total. The van der Waals surface area contributed by atoms with Gasteiger partial charge >= 0.3 is 0 Å². The van der Waals surface area contributed by atoms with E-state index in [9.17, 15) is 4.39 Å². The molecule has 0 amide bonds. The molecule has 0 aliphatic rings. The molecule has 1 aromatic carbocycles. The molecule has 0 radical (unpaired) electrons. The van der Waals surface area contributed by atoms with E-state index in [2.05, 4.69) is 12.2 Å². The van der Waals surface area contributed by atoms with Crippen LogP contribution < -0.4 is 5.32 Å². The lowest BCUT2D eigenvalue weighted by Gasteiger charge is -2.16. The van der Waals surface area contributed by atoms with E-state index in [0.29, 0.717) is 18.0 Å². The summed E-state index contributed by atoms with van der Waals surface area (Å²) in [5, 5.41) is 12.3. The van der Waals surface area contributed by atoms with Crippen LogP contribution in [0.25, 0.3) is 0 Å². The Bertz CT molecular complexity index is 354. The summed E-state index contributed by atoms with van der Waals surface area (Å²) >= 11 is 5.72. The number of hydrogen-bond donors (Lipinski definition) is 2. The van der Waals surface area contributed by atoms with Gasteiger partial charge in [0.25, 0.3) is 0 Å². The Balaban J connectivity index is 2.42. The molecule has 0 saturated heterocycles. The molecule has 18 heavy (non-hydrogen) atoms. The molecule has 0 spiro atoms. The number of rotatable bonds is 8. The number of aliphatic hydroxyl groups is 1. The summed E-state index contributed by atoms with van der Waals surface area (Å²) in [6, 6.07) is 5.03. The maximum absolute atomic E-state index is 13.6. The van der Waals surface area contributed by atoms with Gasteiger partial charge in [-0.25, -0.2) is 4.39 Å². The standard InChI is InChI=1S/C14H21ClFNO/c1-2-4-11(7-8-18)9-17-10-12-5-3-6-13(15)14(12)16/h3,5-6,11,17-18H,2,4,7-10H2,1H3. The Kier molecular flexibility index (Phi) is 7.25. The van der Waals surface area contributed by atoms with E-state index in [-0.39, 0.29) is 17.4 Å². The Labute approximate surface area is 113 Å². The van der Waals surface area contributed by atoms with Gasteiger partial charge in [0.1, 0.15) is 5.82 Å². The molecule has 0 aliphatic heterocycles. The average Bonchev–Trinajstić information content (AvgIpc) is 2.35. The van der Waals surface area contributed by atoms with Crippen LogP contribution in [0.4, 0.5) is 4.39 Å². The highest BCUT2D eigenvalue weighted by Crippen LogP contribution is 2.18. The van der Waals surface area contributed by atoms with Crippen LogP contribution in [0, 0.1) is 11.7 Å². The van der Waals surface area contributed by atoms with Crippen molar-refractivity contribution in [3.8, 4) is 0 Å². The van der Waals surface area contributed by atoms with Crippen LogP contribution in [0.3, 0.4) is 0 Å². The molecule has 0 saturated carbocycles. The summed E-state index contributed by atoms with van der Waals surface area (Å²) in [7, 11) is 0. The third-order valence-corrected chi connectivity index (χ3v) is 3.31. The van der Waals surface area contributed by atoms with Crippen molar-refractivity contribution in [2.24, 2.45) is 5.92 Å². The van der Waals surface area contributed by atoms with E-state index in [1.807, 2.05) is 0 Å². The van der Waals surface area contributed by atoms with Crippen LogP contribution in [0.2, 0.25) is 5.02 Å². The molecular formula is C14H21ClFNO. The molecule has 4 heteroatoms.